The number of likely N-dealkylation sites (tertiary alicyclic amines) is 1. The number of carbonyl (C=O) groups excluding carboxylic acids is 1. The third kappa shape index (κ3) is 5.60. The maximum Gasteiger partial charge on any atom is 0.253 e. The minimum Gasteiger partial charge on any atom is -0.377 e. The highest BCUT2D eigenvalue weighted by Gasteiger charge is 2.26. The van der Waals surface area contributed by atoms with E-state index in [1.54, 1.807) is 12.1 Å². The predicted octanol–water partition coefficient (Wildman–Crippen LogP) is 5.37. The fourth-order valence-electron chi connectivity index (χ4n) is 4.21. The molecule has 32 heavy (non-hydrogen) atoms. The largest absolute Gasteiger partial charge is 0.377 e. The van der Waals surface area contributed by atoms with Crippen LogP contribution in [0.15, 0.2) is 66.9 Å². The van der Waals surface area contributed by atoms with Gasteiger partial charge in [-0.05, 0) is 73.2 Å². The number of piperidine rings is 1. The van der Waals surface area contributed by atoms with Crippen molar-refractivity contribution in [1.29, 1.82) is 0 Å². The van der Waals surface area contributed by atoms with Crippen molar-refractivity contribution in [3.05, 3.63) is 101 Å². The van der Waals surface area contributed by atoms with Gasteiger partial charge in [-0.1, -0.05) is 30.3 Å². The molecule has 0 unspecified atom stereocenters. The van der Waals surface area contributed by atoms with Crippen molar-refractivity contribution in [3.63, 3.8) is 0 Å². The van der Waals surface area contributed by atoms with E-state index in [-0.39, 0.29) is 17.6 Å². The number of carbonyl (C=O) groups is 1. The lowest BCUT2D eigenvalue weighted by molar-refractivity contribution is 0.0705. The summed E-state index contributed by atoms with van der Waals surface area (Å²) in [7, 11) is 0. The van der Waals surface area contributed by atoms with E-state index in [0.717, 1.165) is 41.8 Å². The molecule has 0 radical (unpaired) electrons. The van der Waals surface area contributed by atoms with E-state index in [2.05, 4.69) is 17.1 Å². The van der Waals surface area contributed by atoms with Gasteiger partial charge in [-0.2, -0.15) is 0 Å². The fourth-order valence-corrected chi connectivity index (χ4v) is 4.21. The van der Waals surface area contributed by atoms with Crippen molar-refractivity contribution in [3.8, 4) is 0 Å². The Morgan fingerprint density at radius 1 is 1.09 bits per heavy atom. The van der Waals surface area contributed by atoms with Gasteiger partial charge in [-0.25, -0.2) is 4.39 Å². The van der Waals surface area contributed by atoms with Gasteiger partial charge in [0, 0.05) is 43.1 Å². The first-order chi connectivity index (χ1) is 15.6. The van der Waals surface area contributed by atoms with Crippen molar-refractivity contribution >= 4 is 5.91 Å². The maximum absolute atomic E-state index is 13.4. The Kier molecular flexibility index (Phi) is 7.28. The fraction of sp³-hybridized carbons (Fsp3) is 0.333. The molecule has 3 aromatic rings. The average molecular weight is 433 g/mol. The second-order valence-corrected chi connectivity index (χ2v) is 8.32. The zero-order valence-corrected chi connectivity index (χ0v) is 18.5. The monoisotopic (exact) mass is 432 g/mol. The molecule has 1 amide bonds. The summed E-state index contributed by atoms with van der Waals surface area (Å²) in [6.45, 7) is 4.66. The second-order valence-electron chi connectivity index (χ2n) is 8.32. The molecule has 166 valence electrons. The highest BCUT2D eigenvalue weighted by Crippen LogP contribution is 2.27. The maximum atomic E-state index is 13.4. The number of hydrogen-bond acceptors (Lipinski definition) is 3. The van der Waals surface area contributed by atoms with Gasteiger partial charge in [0.05, 0.1) is 6.61 Å². The molecule has 1 atom stereocenters. The Hall–Kier alpha value is -3.05. The van der Waals surface area contributed by atoms with Gasteiger partial charge < -0.3 is 9.64 Å². The topological polar surface area (TPSA) is 42.4 Å². The van der Waals surface area contributed by atoms with Gasteiger partial charge in [0.2, 0.25) is 0 Å². The zero-order chi connectivity index (χ0) is 22.3. The zero-order valence-electron chi connectivity index (χ0n) is 18.5. The van der Waals surface area contributed by atoms with Crippen LogP contribution in [0.1, 0.15) is 58.4 Å². The molecule has 4 rings (SSSR count). The van der Waals surface area contributed by atoms with E-state index in [4.69, 9.17) is 4.74 Å². The van der Waals surface area contributed by atoms with E-state index in [0.29, 0.717) is 31.7 Å². The molecule has 2 aromatic carbocycles. The summed E-state index contributed by atoms with van der Waals surface area (Å²) in [5, 5.41) is 0. The van der Waals surface area contributed by atoms with Crippen LogP contribution in [0, 0.1) is 5.82 Å². The summed E-state index contributed by atoms with van der Waals surface area (Å²) in [4.78, 5) is 19.7. The molecule has 0 saturated carbocycles. The van der Waals surface area contributed by atoms with Crippen molar-refractivity contribution in [2.24, 2.45) is 0 Å². The van der Waals surface area contributed by atoms with Crippen molar-refractivity contribution in [2.45, 2.75) is 38.7 Å². The molecule has 0 aliphatic carbocycles. The molecule has 4 nitrogen and oxygen atoms in total. The van der Waals surface area contributed by atoms with Crippen LogP contribution < -0.4 is 0 Å². The summed E-state index contributed by atoms with van der Waals surface area (Å²) < 4.78 is 18.8. The van der Waals surface area contributed by atoms with E-state index in [1.165, 1.54) is 6.07 Å². The number of hydrogen-bond donors (Lipinski definition) is 0. The van der Waals surface area contributed by atoms with Crippen LogP contribution in [-0.4, -0.2) is 35.5 Å². The van der Waals surface area contributed by atoms with Crippen LogP contribution in [0.25, 0.3) is 0 Å². The number of pyridine rings is 1. The third-order valence-electron chi connectivity index (χ3n) is 5.95. The van der Waals surface area contributed by atoms with Gasteiger partial charge >= 0.3 is 0 Å². The second kappa shape index (κ2) is 10.5. The van der Waals surface area contributed by atoms with Gasteiger partial charge in [-0.15, -0.1) is 0 Å². The number of amides is 1. The quantitative estimate of drug-likeness (QED) is 0.504. The Labute approximate surface area is 189 Å². The average Bonchev–Trinajstić information content (AvgIpc) is 2.83. The summed E-state index contributed by atoms with van der Waals surface area (Å²) in [6.07, 6.45) is 4.51. The Balaban J connectivity index is 1.38. The number of benzene rings is 2. The molecule has 5 heteroatoms. The van der Waals surface area contributed by atoms with Gasteiger partial charge in [-0.3, -0.25) is 9.78 Å². The molecule has 1 saturated heterocycles. The first-order valence-electron chi connectivity index (χ1n) is 11.3. The van der Waals surface area contributed by atoms with Crippen LogP contribution in [0.4, 0.5) is 4.39 Å². The number of aromatic nitrogens is 1. The van der Waals surface area contributed by atoms with Crippen LogP contribution >= 0.6 is 0 Å². The minimum absolute atomic E-state index is 0.0698. The van der Waals surface area contributed by atoms with E-state index >= 15 is 0 Å². The number of nitrogens with zero attached hydrogens (tertiary/aromatic N) is 2. The van der Waals surface area contributed by atoms with E-state index < -0.39 is 0 Å². The standard InChI is InChI=1S/C27H29FN2O2/c1-2-32-19-20-8-11-23(12-9-20)27(31)30-14-4-6-24(18-30)26-13-10-22(17-29-26)15-21-5-3-7-25(28)16-21/h3,5,7-13,16-17,24H,2,4,6,14-15,18-19H2,1H3/t24-/m0/s1. The first-order valence-corrected chi connectivity index (χ1v) is 11.3. The molecule has 1 fully saturated rings. The SMILES string of the molecule is CCOCc1ccc(C(=O)N2CCC[C@H](c3ccc(Cc4cccc(F)c4)cn3)C2)cc1. The molecule has 1 aliphatic heterocycles. The van der Waals surface area contributed by atoms with Crippen LogP contribution in [-0.2, 0) is 17.8 Å². The Morgan fingerprint density at radius 3 is 2.62 bits per heavy atom. The van der Waals surface area contributed by atoms with Crippen LogP contribution in [0.3, 0.4) is 0 Å². The van der Waals surface area contributed by atoms with E-state index in [9.17, 15) is 9.18 Å². The smallest absolute Gasteiger partial charge is 0.253 e. The van der Waals surface area contributed by atoms with Crippen molar-refractivity contribution < 1.29 is 13.9 Å². The first kappa shape index (κ1) is 22.2. The van der Waals surface area contributed by atoms with Crippen LogP contribution in [0.2, 0.25) is 0 Å². The molecule has 0 N–H and O–H groups in total. The summed E-state index contributed by atoms with van der Waals surface area (Å²) in [6, 6.07) is 18.5. The molecular weight excluding hydrogens is 403 g/mol. The summed E-state index contributed by atoms with van der Waals surface area (Å²) in [5.41, 5.74) is 4.78. The lowest BCUT2D eigenvalue weighted by Crippen LogP contribution is -2.39. The van der Waals surface area contributed by atoms with Crippen molar-refractivity contribution in [1.82, 2.24) is 9.88 Å². The van der Waals surface area contributed by atoms with Gasteiger partial charge in [0.1, 0.15) is 5.82 Å². The predicted molar refractivity (Wildman–Crippen MR) is 123 cm³/mol. The lowest BCUT2D eigenvalue weighted by atomic mass is 9.93. The molecular formula is C27H29FN2O2. The number of ether oxygens (including phenoxy) is 1. The van der Waals surface area contributed by atoms with Crippen LogP contribution in [0.5, 0.6) is 0 Å². The normalized spacial score (nSPS) is 16.2. The Morgan fingerprint density at radius 2 is 1.91 bits per heavy atom. The molecule has 2 heterocycles. The summed E-state index contributed by atoms with van der Waals surface area (Å²) in [5.74, 6) is 0.0801. The Bertz CT molecular complexity index is 1030. The molecule has 1 aliphatic rings. The highest BCUT2D eigenvalue weighted by molar-refractivity contribution is 5.94. The number of rotatable bonds is 7. The molecule has 0 spiro atoms. The van der Waals surface area contributed by atoms with Gasteiger partial charge in [0.25, 0.3) is 5.91 Å². The summed E-state index contributed by atoms with van der Waals surface area (Å²) >= 11 is 0. The molecule has 0 bridgehead atoms. The number of halogens is 1. The highest BCUT2D eigenvalue weighted by atomic mass is 19.1. The van der Waals surface area contributed by atoms with E-state index in [1.807, 2.05) is 48.4 Å². The van der Waals surface area contributed by atoms with Gasteiger partial charge in [0.15, 0.2) is 0 Å². The third-order valence-corrected chi connectivity index (χ3v) is 5.95. The lowest BCUT2D eigenvalue weighted by Gasteiger charge is -2.32. The minimum atomic E-state index is -0.219. The molecule has 1 aromatic heterocycles. The van der Waals surface area contributed by atoms with Crippen molar-refractivity contribution in [2.75, 3.05) is 19.7 Å².